The van der Waals surface area contributed by atoms with Crippen molar-refractivity contribution in [1.29, 1.82) is 0 Å². The molecule has 3 rings (SSSR count). The Kier molecular flexibility index (Phi) is 4.67. The van der Waals surface area contributed by atoms with Crippen molar-refractivity contribution in [3.63, 3.8) is 0 Å². The smallest absolute Gasteiger partial charge is 0.227 e. The molecule has 0 spiro atoms. The average Bonchev–Trinajstić information content (AvgIpc) is 3.13. The summed E-state index contributed by atoms with van der Waals surface area (Å²) in [5.74, 6) is 1.35. The highest BCUT2D eigenvalue weighted by Gasteiger charge is 2.10. The molecule has 2 aromatic heterocycles. The summed E-state index contributed by atoms with van der Waals surface area (Å²) in [6, 6.07) is 14.1. The fourth-order valence-corrected chi connectivity index (χ4v) is 3.23. The van der Waals surface area contributed by atoms with E-state index in [1.54, 1.807) is 11.3 Å². The van der Waals surface area contributed by atoms with Gasteiger partial charge in [0.05, 0.1) is 8.66 Å². The van der Waals surface area contributed by atoms with Gasteiger partial charge in [-0.3, -0.25) is 0 Å². The quantitative estimate of drug-likeness (QED) is 0.649. The molecule has 0 aliphatic carbocycles. The number of hydrogen-bond acceptors (Lipinski definition) is 5. The molecule has 3 aromatic rings. The lowest BCUT2D eigenvalue weighted by Crippen LogP contribution is -2.02. The first-order valence-corrected chi connectivity index (χ1v) is 8.29. The topological polar surface area (TPSA) is 51.0 Å². The van der Waals surface area contributed by atoms with Crippen LogP contribution in [0.5, 0.6) is 0 Å². The van der Waals surface area contributed by atoms with Crippen molar-refractivity contribution in [3.05, 3.63) is 52.1 Å². The minimum Gasteiger partial charge on any atom is -0.385 e. The van der Waals surface area contributed by atoms with Crippen molar-refractivity contribution in [2.75, 3.05) is 11.9 Å². The standard InChI is InChI=1S/C15H14BrN3OS/c16-13-9-8-12(21-13)15-18-14(20-19-15)7-4-10-17-11-5-2-1-3-6-11/h1-3,5-6,8-9,17H,4,7,10H2. The molecule has 0 fully saturated rings. The van der Waals surface area contributed by atoms with Crippen LogP contribution in [0, 0.1) is 0 Å². The zero-order chi connectivity index (χ0) is 14.5. The molecule has 1 aromatic carbocycles. The summed E-state index contributed by atoms with van der Waals surface area (Å²) in [4.78, 5) is 5.44. The fourth-order valence-electron chi connectivity index (χ4n) is 1.92. The van der Waals surface area contributed by atoms with Gasteiger partial charge in [0, 0.05) is 18.7 Å². The zero-order valence-corrected chi connectivity index (χ0v) is 13.7. The van der Waals surface area contributed by atoms with E-state index >= 15 is 0 Å². The number of rotatable bonds is 6. The number of para-hydroxylation sites is 1. The highest BCUT2D eigenvalue weighted by molar-refractivity contribution is 9.11. The Morgan fingerprint density at radius 2 is 2.00 bits per heavy atom. The van der Waals surface area contributed by atoms with E-state index in [1.165, 1.54) is 0 Å². The maximum atomic E-state index is 5.28. The Morgan fingerprint density at radius 1 is 1.14 bits per heavy atom. The van der Waals surface area contributed by atoms with Gasteiger partial charge in [0.25, 0.3) is 0 Å². The lowest BCUT2D eigenvalue weighted by atomic mass is 10.3. The second kappa shape index (κ2) is 6.87. The molecular weight excluding hydrogens is 350 g/mol. The monoisotopic (exact) mass is 363 g/mol. The molecule has 0 amide bonds. The minimum atomic E-state index is 0.664. The molecular formula is C15H14BrN3OS. The second-order valence-electron chi connectivity index (χ2n) is 4.51. The Labute approximate surface area is 135 Å². The van der Waals surface area contributed by atoms with E-state index < -0.39 is 0 Å². The van der Waals surface area contributed by atoms with Crippen LogP contribution in [-0.2, 0) is 6.42 Å². The van der Waals surface area contributed by atoms with E-state index in [4.69, 9.17) is 4.52 Å². The number of nitrogens with zero attached hydrogens (tertiary/aromatic N) is 2. The number of aryl methyl sites for hydroxylation is 1. The van der Waals surface area contributed by atoms with E-state index in [-0.39, 0.29) is 0 Å². The number of hydrogen-bond donors (Lipinski definition) is 1. The van der Waals surface area contributed by atoms with E-state index in [2.05, 4.69) is 43.5 Å². The van der Waals surface area contributed by atoms with Crippen LogP contribution in [0.1, 0.15) is 12.3 Å². The number of aromatic nitrogens is 2. The molecule has 21 heavy (non-hydrogen) atoms. The molecule has 0 aliphatic heterocycles. The number of benzene rings is 1. The first kappa shape index (κ1) is 14.3. The Morgan fingerprint density at radius 3 is 2.76 bits per heavy atom. The number of nitrogens with one attached hydrogen (secondary N) is 1. The van der Waals surface area contributed by atoms with E-state index in [0.717, 1.165) is 33.7 Å². The Bertz CT molecular complexity index is 696. The van der Waals surface area contributed by atoms with E-state index in [1.807, 2.05) is 30.3 Å². The maximum absolute atomic E-state index is 5.28. The normalized spacial score (nSPS) is 10.7. The molecule has 0 saturated carbocycles. The second-order valence-corrected chi connectivity index (χ2v) is 6.97. The Hall–Kier alpha value is -1.66. The first-order valence-electron chi connectivity index (χ1n) is 6.68. The van der Waals surface area contributed by atoms with Crippen LogP contribution in [0.4, 0.5) is 5.69 Å². The van der Waals surface area contributed by atoms with Crippen molar-refractivity contribution in [3.8, 4) is 10.7 Å². The summed E-state index contributed by atoms with van der Waals surface area (Å²) in [5.41, 5.74) is 1.13. The van der Waals surface area contributed by atoms with Crippen molar-refractivity contribution >= 4 is 33.0 Å². The number of anilines is 1. The van der Waals surface area contributed by atoms with Crippen LogP contribution < -0.4 is 5.32 Å². The lowest BCUT2D eigenvalue weighted by molar-refractivity contribution is 0.377. The third-order valence-corrected chi connectivity index (χ3v) is 4.55. The zero-order valence-electron chi connectivity index (χ0n) is 11.3. The summed E-state index contributed by atoms with van der Waals surface area (Å²) in [6.45, 7) is 0.881. The van der Waals surface area contributed by atoms with Crippen LogP contribution >= 0.6 is 27.3 Å². The predicted molar refractivity (Wildman–Crippen MR) is 88.6 cm³/mol. The predicted octanol–water partition coefficient (Wildman–Crippen LogP) is 4.61. The fraction of sp³-hybridized carbons (Fsp3) is 0.200. The van der Waals surface area contributed by atoms with Gasteiger partial charge in [0.2, 0.25) is 11.7 Å². The molecule has 2 heterocycles. The summed E-state index contributed by atoms with van der Waals surface area (Å²) in [5, 5.41) is 7.38. The summed E-state index contributed by atoms with van der Waals surface area (Å²) < 4.78 is 6.35. The molecule has 1 N–H and O–H groups in total. The molecule has 0 aliphatic rings. The first-order chi connectivity index (χ1) is 10.3. The third kappa shape index (κ3) is 3.92. The van der Waals surface area contributed by atoms with Crippen LogP contribution in [0.15, 0.2) is 50.8 Å². The van der Waals surface area contributed by atoms with Crippen molar-refractivity contribution < 1.29 is 4.52 Å². The van der Waals surface area contributed by atoms with Crippen LogP contribution in [0.25, 0.3) is 10.7 Å². The number of thiophene rings is 1. The van der Waals surface area contributed by atoms with Gasteiger partial charge in [-0.2, -0.15) is 4.98 Å². The highest BCUT2D eigenvalue weighted by Crippen LogP contribution is 2.29. The van der Waals surface area contributed by atoms with E-state index in [9.17, 15) is 0 Å². The molecule has 0 unspecified atom stereocenters. The highest BCUT2D eigenvalue weighted by atomic mass is 79.9. The van der Waals surface area contributed by atoms with Gasteiger partial charge in [0.15, 0.2) is 0 Å². The van der Waals surface area contributed by atoms with Crippen LogP contribution in [0.2, 0.25) is 0 Å². The van der Waals surface area contributed by atoms with Crippen molar-refractivity contribution in [2.45, 2.75) is 12.8 Å². The largest absolute Gasteiger partial charge is 0.385 e. The lowest BCUT2D eigenvalue weighted by Gasteiger charge is -2.03. The van der Waals surface area contributed by atoms with Crippen LogP contribution in [0.3, 0.4) is 0 Å². The van der Waals surface area contributed by atoms with Gasteiger partial charge < -0.3 is 9.84 Å². The van der Waals surface area contributed by atoms with E-state index in [0.29, 0.717) is 11.7 Å². The molecule has 6 heteroatoms. The van der Waals surface area contributed by atoms with Gasteiger partial charge >= 0.3 is 0 Å². The molecule has 108 valence electrons. The van der Waals surface area contributed by atoms with Gasteiger partial charge in [-0.1, -0.05) is 23.4 Å². The van der Waals surface area contributed by atoms with Gasteiger partial charge in [-0.15, -0.1) is 11.3 Å². The summed E-state index contributed by atoms with van der Waals surface area (Å²) in [7, 11) is 0. The van der Waals surface area contributed by atoms with Gasteiger partial charge in [-0.05, 0) is 46.6 Å². The maximum Gasteiger partial charge on any atom is 0.227 e. The molecule has 0 atom stereocenters. The molecule has 0 radical (unpaired) electrons. The summed E-state index contributed by atoms with van der Waals surface area (Å²) >= 11 is 5.03. The van der Waals surface area contributed by atoms with Gasteiger partial charge in [0.1, 0.15) is 0 Å². The third-order valence-electron chi connectivity index (χ3n) is 2.93. The molecule has 0 bridgehead atoms. The number of halogens is 1. The SMILES string of the molecule is Brc1ccc(-c2noc(CCCNc3ccccc3)n2)s1. The average molecular weight is 364 g/mol. The van der Waals surface area contributed by atoms with Crippen LogP contribution in [-0.4, -0.2) is 16.7 Å². The van der Waals surface area contributed by atoms with Crippen molar-refractivity contribution in [2.24, 2.45) is 0 Å². The minimum absolute atomic E-state index is 0.664. The van der Waals surface area contributed by atoms with Crippen molar-refractivity contribution in [1.82, 2.24) is 10.1 Å². The molecule has 0 saturated heterocycles. The summed E-state index contributed by atoms with van der Waals surface area (Å²) in [6.07, 6.45) is 1.73. The molecule has 4 nitrogen and oxygen atoms in total. The Balaban J connectivity index is 1.49. The van der Waals surface area contributed by atoms with Gasteiger partial charge in [-0.25, -0.2) is 0 Å².